The predicted octanol–water partition coefficient (Wildman–Crippen LogP) is 1.90. The minimum absolute atomic E-state index is 0.110. The second-order valence-corrected chi connectivity index (χ2v) is 6.00. The van der Waals surface area contributed by atoms with Gasteiger partial charge in [0.05, 0.1) is 6.54 Å². The van der Waals surface area contributed by atoms with Crippen LogP contribution in [0.1, 0.15) is 15.2 Å². The number of carbonyl (C=O) groups is 2. The number of amides is 2. The molecule has 1 fully saturated rings. The van der Waals surface area contributed by atoms with E-state index >= 15 is 0 Å². The number of benzene rings is 1. The van der Waals surface area contributed by atoms with Crippen LogP contribution in [0.2, 0.25) is 0 Å². The van der Waals surface area contributed by atoms with Gasteiger partial charge in [-0.2, -0.15) is 0 Å². The lowest BCUT2D eigenvalue weighted by Gasteiger charge is -2.26. The number of hydrogen-bond acceptors (Lipinski definition) is 4. The van der Waals surface area contributed by atoms with Gasteiger partial charge in [-0.3, -0.25) is 9.59 Å². The summed E-state index contributed by atoms with van der Waals surface area (Å²) in [6, 6.07) is 11.1. The van der Waals surface area contributed by atoms with Gasteiger partial charge in [0.1, 0.15) is 12.4 Å². The molecule has 0 aliphatic carbocycles. The molecule has 1 N–H and O–H groups in total. The van der Waals surface area contributed by atoms with E-state index in [0.717, 1.165) is 4.88 Å². The molecule has 2 heterocycles. The standard InChI is InChI=1S/C16H16N2O3S/c19-15-10-18(7-6-17-15)16(20)12-3-1-4-13(9-12)21-11-14-5-2-8-22-14/h1-5,8-9H,6-7,10-11H2,(H,17,19). The maximum atomic E-state index is 12.4. The number of rotatable bonds is 4. The molecule has 1 aromatic carbocycles. The van der Waals surface area contributed by atoms with Crippen molar-refractivity contribution in [3.05, 3.63) is 52.2 Å². The summed E-state index contributed by atoms with van der Waals surface area (Å²) < 4.78 is 5.71. The first kappa shape index (κ1) is 14.6. The van der Waals surface area contributed by atoms with Crippen molar-refractivity contribution in [2.75, 3.05) is 19.6 Å². The average Bonchev–Trinajstić information content (AvgIpc) is 3.06. The van der Waals surface area contributed by atoms with Gasteiger partial charge in [0, 0.05) is 23.5 Å². The molecule has 0 spiro atoms. The second kappa shape index (κ2) is 6.62. The lowest BCUT2D eigenvalue weighted by Crippen LogP contribution is -2.49. The molecule has 6 heteroatoms. The van der Waals surface area contributed by atoms with Crippen LogP contribution in [0.4, 0.5) is 0 Å². The van der Waals surface area contributed by atoms with Gasteiger partial charge in [0.25, 0.3) is 5.91 Å². The van der Waals surface area contributed by atoms with Crippen molar-refractivity contribution in [2.45, 2.75) is 6.61 Å². The summed E-state index contributed by atoms with van der Waals surface area (Å²) in [5.41, 5.74) is 0.540. The van der Waals surface area contributed by atoms with Crippen molar-refractivity contribution in [1.82, 2.24) is 10.2 Å². The summed E-state index contributed by atoms with van der Waals surface area (Å²) >= 11 is 1.63. The molecule has 1 aliphatic heterocycles. The Bertz CT molecular complexity index is 670. The molecule has 0 atom stereocenters. The fourth-order valence-electron chi connectivity index (χ4n) is 2.26. The highest BCUT2D eigenvalue weighted by molar-refractivity contribution is 7.09. The van der Waals surface area contributed by atoms with Crippen molar-refractivity contribution >= 4 is 23.2 Å². The molecular formula is C16H16N2O3S. The Balaban J connectivity index is 1.67. The summed E-state index contributed by atoms with van der Waals surface area (Å²) in [6.07, 6.45) is 0. The molecule has 2 amide bonds. The fraction of sp³-hybridized carbons (Fsp3) is 0.250. The van der Waals surface area contributed by atoms with Crippen LogP contribution in [0.25, 0.3) is 0 Å². The molecule has 3 rings (SSSR count). The number of piperazine rings is 1. The van der Waals surface area contributed by atoms with Gasteiger partial charge >= 0.3 is 0 Å². The first-order valence-corrected chi connectivity index (χ1v) is 7.91. The van der Waals surface area contributed by atoms with Crippen LogP contribution < -0.4 is 10.1 Å². The quantitative estimate of drug-likeness (QED) is 0.937. The van der Waals surface area contributed by atoms with Gasteiger partial charge in [-0.25, -0.2) is 0 Å². The van der Waals surface area contributed by atoms with Crippen molar-refractivity contribution < 1.29 is 14.3 Å². The molecule has 5 nitrogen and oxygen atoms in total. The predicted molar refractivity (Wildman–Crippen MR) is 84.0 cm³/mol. The SMILES string of the molecule is O=C1CN(C(=O)c2cccc(OCc3cccs3)c2)CCN1. The third-order valence-electron chi connectivity index (χ3n) is 3.37. The van der Waals surface area contributed by atoms with Crippen molar-refractivity contribution in [3.8, 4) is 5.75 Å². The second-order valence-electron chi connectivity index (χ2n) is 4.97. The maximum Gasteiger partial charge on any atom is 0.254 e. The maximum absolute atomic E-state index is 12.4. The molecule has 1 aromatic heterocycles. The number of carbonyl (C=O) groups excluding carboxylic acids is 2. The van der Waals surface area contributed by atoms with Crippen LogP contribution >= 0.6 is 11.3 Å². The van der Waals surface area contributed by atoms with Gasteiger partial charge in [-0.05, 0) is 29.6 Å². The molecule has 1 aliphatic rings. The number of nitrogens with zero attached hydrogens (tertiary/aromatic N) is 1. The number of hydrogen-bond donors (Lipinski definition) is 1. The first-order chi connectivity index (χ1) is 10.7. The Morgan fingerprint density at radius 1 is 1.32 bits per heavy atom. The summed E-state index contributed by atoms with van der Waals surface area (Å²) in [7, 11) is 0. The van der Waals surface area contributed by atoms with E-state index in [1.165, 1.54) is 0 Å². The Labute approximate surface area is 132 Å². The largest absolute Gasteiger partial charge is 0.488 e. The third kappa shape index (κ3) is 3.46. The molecule has 1 saturated heterocycles. The molecule has 114 valence electrons. The summed E-state index contributed by atoms with van der Waals surface area (Å²) in [5, 5.41) is 4.71. The van der Waals surface area contributed by atoms with Crippen LogP contribution in [0.5, 0.6) is 5.75 Å². The van der Waals surface area contributed by atoms with E-state index in [-0.39, 0.29) is 18.4 Å². The van der Waals surface area contributed by atoms with E-state index in [1.54, 1.807) is 34.4 Å². The van der Waals surface area contributed by atoms with E-state index in [2.05, 4.69) is 5.32 Å². The van der Waals surface area contributed by atoms with Crippen LogP contribution in [-0.4, -0.2) is 36.3 Å². The molecule has 0 unspecified atom stereocenters. The van der Waals surface area contributed by atoms with E-state index in [1.807, 2.05) is 23.6 Å². The van der Waals surface area contributed by atoms with Crippen molar-refractivity contribution in [1.29, 1.82) is 0 Å². The molecule has 2 aromatic rings. The Kier molecular flexibility index (Phi) is 4.39. The highest BCUT2D eigenvalue weighted by atomic mass is 32.1. The zero-order chi connectivity index (χ0) is 15.4. The van der Waals surface area contributed by atoms with Crippen LogP contribution in [0.3, 0.4) is 0 Å². The van der Waals surface area contributed by atoms with Gasteiger partial charge in [-0.15, -0.1) is 11.3 Å². The summed E-state index contributed by atoms with van der Waals surface area (Å²) in [6.45, 7) is 1.63. The van der Waals surface area contributed by atoms with Crippen molar-refractivity contribution in [2.24, 2.45) is 0 Å². The highest BCUT2D eigenvalue weighted by Gasteiger charge is 2.22. The number of thiophene rings is 1. The monoisotopic (exact) mass is 316 g/mol. The smallest absolute Gasteiger partial charge is 0.254 e. The molecular weight excluding hydrogens is 300 g/mol. The molecule has 0 saturated carbocycles. The summed E-state index contributed by atoms with van der Waals surface area (Å²) in [5.74, 6) is 0.391. The third-order valence-corrected chi connectivity index (χ3v) is 4.22. The van der Waals surface area contributed by atoms with Gasteiger partial charge in [-0.1, -0.05) is 12.1 Å². The minimum Gasteiger partial charge on any atom is -0.488 e. The zero-order valence-electron chi connectivity index (χ0n) is 12.0. The van der Waals surface area contributed by atoms with E-state index < -0.39 is 0 Å². The number of nitrogens with one attached hydrogen (secondary N) is 1. The van der Waals surface area contributed by atoms with Crippen molar-refractivity contribution in [3.63, 3.8) is 0 Å². The molecule has 22 heavy (non-hydrogen) atoms. The molecule has 0 radical (unpaired) electrons. The summed E-state index contributed by atoms with van der Waals surface area (Å²) in [4.78, 5) is 26.5. The average molecular weight is 316 g/mol. The first-order valence-electron chi connectivity index (χ1n) is 7.03. The topological polar surface area (TPSA) is 58.6 Å². The van der Waals surface area contributed by atoms with Gasteiger partial charge in [0.2, 0.25) is 5.91 Å². The van der Waals surface area contributed by atoms with E-state index in [9.17, 15) is 9.59 Å². The Morgan fingerprint density at radius 3 is 3.00 bits per heavy atom. The lowest BCUT2D eigenvalue weighted by molar-refractivity contribution is -0.123. The number of ether oxygens (including phenoxy) is 1. The zero-order valence-corrected chi connectivity index (χ0v) is 12.8. The Morgan fingerprint density at radius 2 is 2.23 bits per heavy atom. The lowest BCUT2D eigenvalue weighted by atomic mass is 10.1. The van der Waals surface area contributed by atoms with Gasteiger partial charge < -0.3 is 15.0 Å². The normalized spacial score (nSPS) is 14.5. The highest BCUT2D eigenvalue weighted by Crippen LogP contribution is 2.18. The minimum atomic E-state index is -0.142. The Hall–Kier alpha value is -2.34. The van der Waals surface area contributed by atoms with E-state index in [0.29, 0.717) is 31.0 Å². The van der Waals surface area contributed by atoms with E-state index in [4.69, 9.17) is 4.74 Å². The molecule has 0 bridgehead atoms. The van der Waals surface area contributed by atoms with Crippen LogP contribution in [0, 0.1) is 0 Å². The van der Waals surface area contributed by atoms with Crippen LogP contribution in [-0.2, 0) is 11.4 Å². The van der Waals surface area contributed by atoms with Crippen LogP contribution in [0.15, 0.2) is 41.8 Å². The fourth-order valence-corrected chi connectivity index (χ4v) is 2.88. The van der Waals surface area contributed by atoms with Gasteiger partial charge in [0.15, 0.2) is 0 Å².